The molecule has 0 amide bonds. The first-order valence-electron chi connectivity index (χ1n) is 9.15. The first kappa shape index (κ1) is 16.1. The smallest absolute Gasteiger partial charge is 0.0568 e. The lowest BCUT2D eigenvalue weighted by molar-refractivity contribution is 0.173. The minimum Gasteiger partial charge on any atom is -0.299 e. The van der Waals surface area contributed by atoms with E-state index in [1.165, 1.54) is 35.1 Å². The molecule has 0 radical (unpaired) electrons. The Hall–Kier alpha value is -2.39. The summed E-state index contributed by atoms with van der Waals surface area (Å²) in [7, 11) is 0. The molecule has 1 saturated heterocycles. The van der Waals surface area contributed by atoms with Crippen molar-refractivity contribution >= 4 is 0 Å². The summed E-state index contributed by atoms with van der Waals surface area (Å²) < 4.78 is 2.18. The summed E-state index contributed by atoms with van der Waals surface area (Å²) in [6.45, 7) is 5.47. The molecular weight excluding hydrogens is 306 g/mol. The van der Waals surface area contributed by atoms with Crippen LogP contribution in [-0.4, -0.2) is 27.8 Å². The van der Waals surface area contributed by atoms with Crippen LogP contribution in [0, 0.1) is 6.92 Å². The number of hydrogen-bond acceptors (Lipinski definition) is 2. The van der Waals surface area contributed by atoms with Gasteiger partial charge in [0.1, 0.15) is 0 Å². The lowest BCUT2D eigenvalue weighted by atomic mass is 10.0. The molecule has 0 aliphatic carbocycles. The first-order valence-corrected chi connectivity index (χ1v) is 9.15. The monoisotopic (exact) mass is 331 g/mol. The maximum atomic E-state index is 4.65. The Morgan fingerprint density at radius 2 is 1.76 bits per heavy atom. The third kappa shape index (κ3) is 3.83. The zero-order chi connectivity index (χ0) is 17.1. The molecule has 1 aromatic heterocycles. The maximum Gasteiger partial charge on any atom is 0.0568 e. The van der Waals surface area contributed by atoms with Crippen LogP contribution >= 0.6 is 0 Å². The summed E-state index contributed by atoms with van der Waals surface area (Å²) in [5.41, 5.74) is 5.17. The molecule has 0 unspecified atom stereocenters. The zero-order valence-corrected chi connectivity index (χ0v) is 14.8. The van der Waals surface area contributed by atoms with Crippen molar-refractivity contribution < 1.29 is 0 Å². The average molecular weight is 331 g/mol. The van der Waals surface area contributed by atoms with Gasteiger partial charge in [-0.15, -0.1) is 0 Å². The highest BCUT2D eigenvalue weighted by Crippen LogP contribution is 2.26. The second-order valence-corrected chi connectivity index (χ2v) is 7.07. The normalized spacial score (nSPS) is 16.2. The Bertz CT molecular complexity index is 814. The van der Waals surface area contributed by atoms with E-state index in [0.29, 0.717) is 6.04 Å². The van der Waals surface area contributed by atoms with Gasteiger partial charge in [0, 0.05) is 31.4 Å². The van der Waals surface area contributed by atoms with Crippen LogP contribution in [0.3, 0.4) is 0 Å². The molecule has 0 spiro atoms. The van der Waals surface area contributed by atoms with Gasteiger partial charge in [-0.2, -0.15) is 5.10 Å². The van der Waals surface area contributed by atoms with Crippen molar-refractivity contribution in [2.75, 3.05) is 13.1 Å². The number of aromatic nitrogens is 2. The molecule has 3 nitrogen and oxygen atoms in total. The van der Waals surface area contributed by atoms with Gasteiger partial charge >= 0.3 is 0 Å². The molecule has 1 aliphatic rings. The van der Waals surface area contributed by atoms with Gasteiger partial charge < -0.3 is 0 Å². The van der Waals surface area contributed by atoms with E-state index < -0.39 is 0 Å². The van der Waals surface area contributed by atoms with Gasteiger partial charge in [-0.3, -0.25) is 9.58 Å². The lowest BCUT2D eigenvalue weighted by Gasteiger charge is -2.32. The zero-order valence-electron chi connectivity index (χ0n) is 14.8. The van der Waals surface area contributed by atoms with Gasteiger partial charge in [-0.25, -0.2) is 0 Å². The minimum atomic E-state index is 0.519. The summed E-state index contributed by atoms with van der Waals surface area (Å²) in [6.07, 6.45) is 6.56. The van der Waals surface area contributed by atoms with Crippen molar-refractivity contribution in [2.45, 2.75) is 32.4 Å². The molecule has 3 heteroatoms. The van der Waals surface area contributed by atoms with Crippen LogP contribution in [0.25, 0.3) is 11.1 Å². The van der Waals surface area contributed by atoms with Crippen molar-refractivity contribution in [3.63, 3.8) is 0 Å². The fraction of sp³-hybridized carbons (Fsp3) is 0.318. The number of likely N-dealkylation sites (tertiary alicyclic amines) is 1. The lowest BCUT2D eigenvalue weighted by Crippen LogP contribution is -2.34. The number of nitrogens with zero attached hydrogens (tertiary/aromatic N) is 3. The number of hydrogen-bond donors (Lipinski definition) is 0. The number of benzene rings is 2. The molecule has 4 rings (SSSR count). The number of rotatable bonds is 4. The summed E-state index contributed by atoms with van der Waals surface area (Å²) >= 11 is 0. The predicted octanol–water partition coefficient (Wildman–Crippen LogP) is 4.70. The van der Waals surface area contributed by atoms with Crippen LogP contribution in [0.2, 0.25) is 0 Å². The van der Waals surface area contributed by atoms with Gasteiger partial charge in [-0.1, -0.05) is 60.2 Å². The van der Waals surface area contributed by atoms with Crippen molar-refractivity contribution in [1.82, 2.24) is 14.7 Å². The van der Waals surface area contributed by atoms with Gasteiger partial charge in [0.25, 0.3) is 0 Å². The van der Waals surface area contributed by atoms with E-state index >= 15 is 0 Å². The van der Waals surface area contributed by atoms with Gasteiger partial charge in [0.2, 0.25) is 0 Å². The molecule has 0 atom stereocenters. The second-order valence-electron chi connectivity index (χ2n) is 7.07. The summed E-state index contributed by atoms with van der Waals surface area (Å²) in [4.78, 5) is 2.55. The van der Waals surface area contributed by atoms with E-state index in [1.54, 1.807) is 0 Å². The van der Waals surface area contributed by atoms with E-state index in [4.69, 9.17) is 0 Å². The van der Waals surface area contributed by atoms with Crippen LogP contribution in [0.15, 0.2) is 67.0 Å². The van der Waals surface area contributed by atoms with E-state index in [9.17, 15) is 0 Å². The first-order chi connectivity index (χ1) is 12.3. The van der Waals surface area contributed by atoms with Gasteiger partial charge in [0.15, 0.2) is 0 Å². The Balaban J connectivity index is 1.38. The third-order valence-corrected chi connectivity index (χ3v) is 5.13. The standard InChI is InChI=1S/C22H25N3/c1-18-6-5-9-20(14-18)21-15-23-25(17-21)22-10-12-24(13-11-22)16-19-7-3-2-4-8-19/h2-9,14-15,17,22H,10-13,16H2,1H3. The molecule has 25 heavy (non-hydrogen) atoms. The molecule has 2 heterocycles. The SMILES string of the molecule is Cc1cccc(-c2cnn(C3CCN(Cc4ccccc4)CC3)c2)c1. The largest absolute Gasteiger partial charge is 0.299 e. The highest BCUT2D eigenvalue weighted by atomic mass is 15.3. The van der Waals surface area contributed by atoms with E-state index in [2.05, 4.69) is 82.4 Å². The molecule has 0 bridgehead atoms. The fourth-order valence-corrected chi connectivity index (χ4v) is 3.70. The summed E-state index contributed by atoms with van der Waals surface area (Å²) in [6, 6.07) is 19.9. The highest BCUT2D eigenvalue weighted by molar-refractivity contribution is 5.62. The minimum absolute atomic E-state index is 0.519. The van der Waals surface area contributed by atoms with E-state index in [1.807, 2.05) is 6.20 Å². The molecule has 1 aliphatic heterocycles. The van der Waals surface area contributed by atoms with Crippen LogP contribution in [0.1, 0.15) is 30.0 Å². The number of piperidine rings is 1. The van der Waals surface area contributed by atoms with Crippen molar-refractivity contribution in [2.24, 2.45) is 0 Å². The predicted molar refractivity (Wildman–Crippen MR) is 102 cm³/mol. The van der Waals surface area contributed by atoms with Crippen molar-refractivity contribution in [3.05, 3.63) is 78.1 Å². The number of aryl methyl sites for hydroxylation is 1. The topological polar surface area (TPSA) is 21.1 Å². The fourth-order valence-electron chi connectivity index (χ4n) is 3.70. The summed E-state index contributed by atoms with van der Waals surface area (Å²) in [5.74, 6) is 0. The second kappa shape index (κ2) is 7.24. The van der Waals surface area contributed by atoms with Gasteiger partial charge in [0.05, 0.1) is 12.2 Å². The Morgan fingerprint density at radius 3 is 2.52 bits per heavy atom. The third-order valence-electron chi connectivity index (χ3n) is 5.13. The summed E-state index contributed by atoms with van der Waals surface area (Å²) in [5, 5.41) is 4.65. The Kier molecular flexibility index (Phi) is 4.66. The average Bonchev–Trinajstić information content (AvgIpc) is 3.13. The highest BCUT2D eigenvalue weighted by Gasteiger charge is 2.21. The quantitative estimate of drug-likeness (QED) is 0.691. The maximum absolute atomic E-state index is 4.65. The van der Waals surface area contributed by atoms with Crippen LogP contribution in [-0.2, 0) is 6.54 Å². The molecular formula is C22H25N3. The van der Waals surface area contributed by atoms with Crippen LogP contribution in [0.5, 0.6) is 0 Å². The molecule has 3 aromatic rings. The van der Waals surface area contributed by atoms with Gasteiger partial charge in [-0.05, 0) is 30.9 Å². The Morgan fingerprint density at radius 1 is 0.960 bits per heavy atom. The molecule has 0 N–H and O–H groups in total. The molecule has 2 aromatic carbocycles. The van der Waals surface area contributed by atoms with E-state index in [0.717, 1.165) is 19.6 Å². The molecule has 1 fully saturated rings. The molecule has 128 valence electrons. The molecule has 0 saturated carbocycles. The van der Waals surface area contributed by atoms with Crippen LogP contribution in [0.4, 0.5) is 0 Å². The van der Waals surface area contributed by atoms with Crippen molar-refractivity contribution in [3.8, 4) is 11.1 Å². The van der Waals surface area contributed by atoms with Crippen LogP contribution < -0.4 is 0 Å². The Labute approximate surface area is 149 Å². The van der Waals surface area contributed by atoms with E-state index in [-0.39, 0.29) is 0 Å². The van der Waals surface area contributed by atoms with Crippen molar-refractivity contribution in [1.29, 1.82) is 0 Å².